The van der Waals surface area contributed by atoms with Crippen LogP contribution in [0.25, 0.3) is 0 Å². The first-order chi connectivity index (χ1) is 8.90. The fourth-order valence-electron chi connectivity index (χ4n) is 2.45. The summed E-state index contributed by atoms with van der Waals surface area (Å²) < 4.78 is 5.54. The smallest absolute Gasteiger partial charge is 0.171 e. The van der Waals surface area contributed by atoms with Crippen LogP contribution in [-0.4, -0.2) is 5.78 Å². The number of ketones is 1. The van der Waals surface area contributed by atoms with E-state index in [0.29, 0.717) is 6.42 Å². The van der Waals surface area contributed by atoms with Crippen molar-refractivity contribution in [2.75, 3.05) is 0 Å². The predicted octanol–water partition coefficient (Wildman–Crippen LogP) is 4.25. The summed E-state index contributed by atoms with van der Waals surface area (Å²) in [6.45, 7) is 9.80. The molecule has 100 valence electrons. The highest BCUT2D eigenvalue weighted by atomic mass is 16.3. The van der Waals surface area contributed by atoms with Crippen LogP contribution in [-0.2, 0) is 6.42 Å². The van der Waals surface area contributed by atoms with Crippen LogP contribution in [0.2, 0.25) is 0 Å². The maximum absolute atomic E-state index is 12.5. The first-order valence-electron chi connectivity index (χ1n) is 6.56. The average Bonchev–Trinajstić information content (AvgIpc) is 2.58. The molecule has 0 spiro atoms. The minimum Gasteiger partial charge on any atom is -0.466 e. The number of hydrogen-bond donors (Lipinski definition) is 0. The predicted molar refractivity (Wildman–Crippen MR) is 76.9 cm³/mol. The lowest BCUT2D eigenvalue weighted by atomic mass is 9.96. The van der Waals surface area contributed by atoms with Gasteiger partial charge in [-0.05, 0) is 45.7 Å². The number of carbonyl (C=O) groups excluding carboxylic acids is 1. The van der Waals surface area contributed by atoms with E-state index in [1.54, 1.807) is 0 Å². The molecule has 1 aromatic carbocycles. The Labute approximate surface area is 114 Å². The fraction of sp³-hybridized carbons (Fsp3) is 0.353. The summed E-state index contributed by atoms with van der Waals surface area (Å²) in [4.78, 5) is 12.5. The molecule has 2 rings (SSSR count). The lowest BCUT2D eigenvalue weighted by Gasteiger charge is -2.07. The second-order valence-corrected chi connectivity index (χ2v) is 5.24. The van der Waals surface area contributed by atoms with Gasteiger partial charge in [0.1, 0.15) is 11.5 Å². The first kappa shape index (κ1) is 13.6. The van der Waals surface area contributed by atoms with Crippen molar-refractivity contribution in [3.8, 4) is 0 Å². The molecule has 0 saturated carbocycles. The summed E-state index contributed by atoms with van der Waals surface area (Å²) in [6.07, 6.45) is 0.439. The molecule has 0 amide bonds. The molecule has 0 N–H and O–H groups in total. The lowest BCUT2D eigenvalue weighted by Crippen LogP contribution is -2.07. The number of furan rings is 1. The standard InChI is InChI=1S/C17H20O2/c1-10-6-7-11(2)15(8-10)9-16(18)17-12(3)13(4)19-14(17)5/h6-8H,9H2,1-5H3. The van der Waals surface area contributed by atoms with Crippen molar-refractivity contribution in [1.82, 2.24) is 0 Å². The van der Waals surface area contributed by atoms with E-state index in [1.165, 1.54) is 5.56 Å². The number of hydrogen-bond acceptors (Lipinski definition) is 2. The van der Waals surface area contributed by atoms with E-state index >= 15 is 0 Å². The molecule has 0 bridgehead atoms. The van der Waals surface area contributed by atoms with E-state index in [2.05, 4.69) is 18.2 Å². The number of carbonyl (C=O) groups is 1. The van der Waals surface area contributed by atoms with E-state index in [9.17, 15) is 4.79 Å². The highest BCUT2D eigenvalue weighted by Crippen LogP contribution is 2.23. The highest BCUT2D eigenvalue weighted by Gasteiger charge is 2.19. The molecule has 2 heteroatoms. The quantitative estimate of drug-likeness (QED) is 0.769. The Morgan fingerprint density at radius 2 is 1.74 bits per heavy atom. The molecule has 2 aromatic rings. The third-order valence-electron chi connectivity index (χ3n) is 3.70. The molecular weight excluding hydrogens is 236 g/mol. The minimum atomic E-state index is 0.139. The van der Waals surface area contributed by atoms with Gasteiger partial charge in [-0.25, -0.2) is 0 Å². The molecule has 1 heterocycles. The first-order valence-corrected chi connectivity index (χ1v) is 6.56. The van der Waals surface area contributed by atoms with Crippen molar-refractivity contribution < 1.29 is 9.21 Å². The molecule has 0 saturated heterocycles. The molecule has 19 heavy (non-hydrogen) atoms. The second kappa shape index (κ2) is 5.04. The van der Waals surface area contributed by atoms with E-state index < -0.39 is 0 Å². The van der Waals surface area contributed by atoms with E-state index in [4.69, 9.17) is 4.42 Å². The highest BCUT2D eigenvalue weighted by molar-refractivity contribution is 6.00. The summed E-state index contributed by atoms with van der Waals surface area (Å²) in [6, 6.07) is 6.23. The summed E-state index contributed by atoms with van der Waals surface area (Å²) >= 11 is 0. The molecule has 0 unspecified atom stereocenters. The van der Waals surface area contributed by atoms with Crippen molar-refractivity contribution >= 4 is 5.78 Å². The summed E-state index contributed by atoms with van der Waals surface area (Å²) in [7, 11) is 0. The van der Waals surface area contributed by atoms with Gasteiger partial charge >= 0.3 is 0 Å². The van der Waals surface area contributed by atoms with Crippen molar-refractivity contribution in [2.24, 2.45) is 0 Å². The molecule has 0 aliphatic heterocycles. The number of rotatable bonds is 3. The molecular formula is C17H20O2. The van der Waals surface area contributed by atoms with Gasteiger partial charge in [-0.15, -0.1) is 0 Å². The Kier molecular flexibility index (Phi) is 3.61. The van der Waals surface area contributed by atoms with E-state index in [1.807, 2.05) is 34.6 Å². The van der Waals surface area contributed by atoms with Gasteiger partial charge in [0.05, 0.1) is 5.56 Å². The number of aryl methyl sites for hydroxylation is 4. The summed E-state index contributed by atoms with van der Waals surface area (Å²) in [5, 5.41) is 0. The SMILES string of the molecule is Cc1ccc(C)c(CC(=O)c2c(C)oc(C)c2C)c1. The molecule has 2 nitrogen and oxygen atoms in total. The van der Waals surface area contributed by atoms with Gasteiger partial charge in [0.15, 0.2) is 5.78 Å². The lowest BCUT2D eigenvalue weighted by molar-refractivity contribution is 0.0991. The normalized spacial score (nSPS) is 10.8. The van der Waals surface area contributed by atoms with Gasteiger partial charge in [0.2, 0.25) is 0 Å². The minimum absolute atomic E-state index is 0.139. The Morgan fingerprint density at radius 3 is 2.32 bits per heavy atom. The fourth-order valence-corrected chi connectivity index (χ4v) is 2.45. The van der Waals surface area contributed by atoms with Crippen LogP contribution in [0.4, 0.5) is 0 Å². The Morgan fingerprint density at radius 1 is 1.05 bits per heavy atom. The second-order valence-electron chi connectivity index (χ2n) is 5.24. The molecule has 0 fully saturated rings. The van der Waals surface area contributed by atoms with Crippen LogP contribution < -0.4 is 0 Å². The maximum Gasteiger partial charge on any atom is 0.171 e. The maximum atomic E-state index is 12.5. The van der Waals surface area contributed by atoms with Crippen molar-refractivity contribution in [2.45, 2.75) is 41.0 Å². The largest absolute Gasteiger partial charge is 0.466 e. The van der Waals surface area contributed by atoms with E-state index in [0.717, 1.165) is 33.8 Å². The van der Waals surface area contributed by atoms with Crippen LogP contribution in [0.5, 0.6) is 0 Å². The Bertz CT molecular complexity index is 633. The monoisotopic (exact) mass is 256 g/mol. The topological polar surface area (TPSA) is 30.2 Å². The van der Waals surface area contributed by atoms with Gasteiger partial charge in [-0.3, -0.25) is 4.79 Å². The van der Waals surface area contributed by atoms with Gasteiger partial charge < -0.3 is 4.42 Å². The third-order valence-corrected chi connectivity index (χ3v) is 3.70. The van der Waals surface area contributed by atoms with Crippen molar-refractivity contribution in [3.63, 3.8) is 0 Å². The number of benzene rings is 1. The van der Waals surface area contributed by atoms with Gasteiger partial charge in [0.25, 0.3) is 0 Å². The Hall–Kier alpha value is -1.83. The van der Waals surface area contributed by atoms with E-state index in [-0.39, 0.29) is 5.78 Å². The zero-order chi connectivity index (χ0) is 14.2. The van der Waals surface area contributed by atoms with Crippen LogP contribution in [0.1, 0.15) is 44.1 Å². The third kappa shape index (κ3) is 2.62. The molecule has 0 aliphatic rings. The Balaban J connectivity index is 2.33. The zero-order valence-corrected chi connectivity index (χ0v) is 12.3. The molecule has 0 radical (unpaired) electrons. The van der Waals surface area contributed by atoms with Gasteiger partial charge in [-0.2, -0.15) is 0 Å². The van der Waals surface area contributed by atoms with Gasteiger partial charge in [-0.1, -0.05) is 23.8 Å². The van der Waals surface area contributed by atoms with Crippen LogP contribution in [0.3, 0.4) is 0 Å². The van der Waals surface area contributed by atoms with Crippen molar-refractivity contribution in [1.29, 1.82) is 0 Å². The molecule has 1 aromatic heterocycles. The van der Waals surface area contributed by atoms with Crippen molar-refractivity contribution in [3.05, 3.63) is 57.5 Å². The van der Waals surface area contributed by atoms with Crippen LogP contribution in [0, 0.1) is 34.6 Å². The number of Topliss-reactive ketones (excluding diaryl/α,β-unsaturated/α-hetero) is 1. The molecule has 0 aliphatic carbocycles. The van der Waals surface area contributed by atoms with Gasteiger partial charge in [0, 0.05) is 12.0 Å². The summed E-state index contributed by atoms with van der Waals surface area (Å²) in [5.74, 6) is 1.70. The summed E-state index contributed by atoms with van der Waals surface area (Å²) in [5.41, 5.74) is 5.16. The average molecular weight is 256 g/mol. The van der Waals surface area contributed by atoms with Crippen LogP contribution in [0.15, 0.2) is 22.6 Å². The molecule has 0 atom stereocenters. The van der Waals surface area contributed by atoms with Crippen LogP contribution >= 0.6 is 0 Å². The zero-order valence-electron chi connectivity index (χ0n) is 12.3.